The highest BCUT2D eigenvalue weighted by molar-refractivity contribution is 5.66. The smallest absolute Gasteiger partial charge is 0.302 e. The molecule has 7 heteroatoms. The van der Waals surface area contributed by atoms with Crippen LogP contribution in [0, 0.1) is 0 Å². The normalized spacial score (nSPS) is 11.0. The van der Waals surface area contributed by atoms with Crippen molar-refractivity contribution in [3.05, 3.63) is 41.6 Å². The quantitative estimate of drug-likeness (QED) is 0.726. The molecule has 7 nitrogen and oxygen atoms in total. The van der Waals surface area contributed by atoms with E-state index in [-0.39, 0.29) is 18.0 Å². The molecule has 0 saturated carbocycles. The Kier molecular flexibility index (Phi) is 6.38. The van der Waals surface area contributed by atoms with Crippen molar-refractivity contribution in [2.45, 2.75) is 32.7 Å². The number of carbonyl (C=O) groups is 1. The maximum absolute atomic E-state index is 11.1. The molecule has 0 bridgehead atoms. The molecule has 0 aliphatic heterocycles. The molecular formula is C19H25N3O4. The predicted octanol–water partition coefficient (Wildman–Crippen LogP) is 2.95. The van der Waals surface area contributed by atoms with Gasteiger partial charge >= 0.3 is 5.97 Å². The molecule has 1 heterocycles. The zero-order chi connectivity index (χ0) is 19.2. The number of rotatable bonds is 8. The molecule has 0 radical (unpaired) electrons. The number of esters is 1. The molecule has 0 fully saturated rings. The second-order valence-corrected chi connectivity index (χ2v) is 6.52. The number of methoxy groups -OCH3 is 2. The van der Waals surface area contributed by atoms with Gasteiger partial charge in [0.25, 0.3) is 0 Å². The lowest BCUT2D eigenvalue weighted by Gasteiger charge is -2.24. The summed E-state index contributed by atoms with van der Waals surface area (Å²) in [4.78, 5) is 11.1. The average Bonchev–Trinajstić information content (AvgIpc) is 2.65. The van der Waals surface area contributed by atoms with Crippen LogP contribution < -0.4 is 14.8 Å². The number of carbonyl (C=O) groups excluding carboxylic acids is 1. The van der Waals surface area contributed by atoms with E-state index < -0.39 is 0 Å². The molecule has 0 amide bonds. The highest BCUT2D eigenvalue weighted by Gasteiger charge is 2.23. The highest BCUT2D eigenvalue weighted by atomic mass is 16.5. The third kappa shape index (κ3) is 5.08. The number of ether oxygens (including phenoxy) is 3. The minimum Gasteiger partial charge on any atom is -0.497 e. The van der Waals surface area contributed by atoms with E-state index >= 15 is 0 Å². The Balaban J connectivity index is 2.10. The number of anilines is 1. The summed E-state index contributed by atoms with van der Waals surface area (Å²) in [5.41, 5.74) is 1.54. The molecule has 0 aliphatic carbocycles. The number of aromatic nitrogens is 2. The van der Waals surface area contributed by atoms with Gasteiger partial charge in [-0.3, -0.25) is 4.79 Å². The molecule has 26 heavy (non-hydrogen) atoms. The summed E-state index contributed by atoms with van der Waals surface area (Å²) in [7, 11) is 3.24. The Bertz CT molecular complexity index is 762. The van der Waals surface area contributed by atoms with Gasteiger partial charge in [0.05, 0.1) is 20.4 Å². The standard InChI is InChI=1S/C19H25N3O4/c1-13(23)26-12-19(2,3)15-8-18(22-21-11-15)20-10-14-6-7-16(24-4)9-17(14)25-5/h6-9,11H,10,12H2,1-5H3,(H,20,22). The van der Waals surface area contributed by atoms with Gasteiger partial charge in [0.2, 0.25) is 0 Å². The fraction of sp³-hybridized carbons (Fsp3) is 0.421. The fourth-order valence-electron chi connectivity index (χ4n) is 2.37. The zero-order valence-corrected chi connectivity index (χ0v) is 15.8. The Hall–Kier alpha value is -2.83. The second-order valence-electron chi connectivity index (χ2n) is 6.52. The summed E-state index contributed by atoms with van der Waals surface area (Å²) in [6.07, 6.45) is 1.68. The number of hydrogen-bond donors (Lipinski definition) is 1. The van der Waals surface area contributed by atoms with Crippen LogP contribution in [0.3, 0.4) is 0 Å². The van der Waals surface area contributed by atoms with Crippen LogP contribution in [0.4, 0.5) is 5.82 Å². The predicted molar refractivity (Wildman–Crippen MR) is 98.6 cm³/mol. The Morgan fingerprint density at radius 1 is 1.19 bits per heavy atom. The van der Waals surface area contributed by atoms with Gasteiger partial charge in [-0.15, -0.1) is 5.10 Å². The highest BCUT2D eigenvalue weighted by Crippen LogP contribution is 2.27. The number of nitrogens with one attached hydrogen (secondary N) is 1. The van der Waals surface area contributed by atoms with Crippen LogP contribution in [0.2, 0.25) is 0 Å². The largest absolute Gasteiger partial charge is 0.497 e. The fourth-order valence-corrected chi connectivity index (χ4v) is 2.37. The number of nitrogens with zero attached hydrogens (tertiary/aromatic N) is 2. The van der Waals surface area contributed by atoms with E-state index in [9.17, 15) is 4.79 Å². The summed E-state index contributed by atoms with van der Waals surface area (Å²) < 4.78 is 15.8. The summed E-state index contributed by atoms with van der Waals surface area (Å²) in [5, 5.41) is 11.4. The van der Waals surface area contributed by atoms with Crippen LogP contribution in [-0.2, 0) is 21.5 Å². The molecular weight excluding hydrogens is 334 g/mol. The Labute approximate surface area is 153 Å². The molecule has 140 valence electrons. The van der Waals surface area contributed by atoms with Gasteiger partial charge in [-0.05, 0) is 23.8 Å². The van der Waals surface area contributed by atoms with Crippen molar-refractivity contribution in [3.8, 4) is 11.5 Å². The third-order valence-corrected chi connectivity index (χ3v) is 4.03. The number of hydrogen-bond acceptors (Lipinski definition) is 7. The minimum atomic E-state index is -0.365. The Morgan fingerprint density at radius 3 is 2.62 bits per heavy atom. The first-order chi connectivity index (χ1) is 12.4. The van der Waals surface area contributed by atoms with Crippen LogP contribution in [0.5, 0.6) is 11.5 Å². The SMILES string of the molecule is COc1ccc(CNc2cc(C(C)(C)COC(C)=O)cnn2)c(OC)c1. The molecule has 1 aromatic carbocycles. The second kappa shape index (κ2) is 8.51. The first kappa shape index (κ1) is 19.5. The van der Waals surface area contributed by atoms with Gasteiger partial charge in [-0.25, -0.2) is 0 Å². The van der Waals surface area contributed by atoms with Gasteiger partial charge < -0.3 is 19.5 Å². The molecule has 1 aromatic heterocycles. The van der Waals surface area contributed by atoms with Crippen LogP contribution in [-0.4, -0.2) is 37.0 Å². The van der Waals surface area contributed by atoms with Gasteiger partial charge in [0, 0.05) is 30.5 Å². The Morgan fingerprint density at radius 2 is 1.96 bits per heavy atom. The van der Waals surface area contributed by atoms with Crippen LogP contribution in [0.1, 0.15) is 31.9 Å². The van der Waals surface area contributed by atoms with Gasteiger partial charge in [-0.1, -0.05) is 13.8 Å². The molecule has 0 saturated heterocycles. The van der Waals surface area contributed by atoms with E-state index in [0.717, 1.165) is 22.6 Å². The molecule has 0 aliphatic rings. The van der Waals surface area contributed by atoms with Crippen molar-refractivity contribution >= 4 is 11.8 Å². The maximum atomic E-state index is 11.1. The van der Waals surface area contributed by atoms with Crippen molar-refractivity contribution < 1.29 is 19.0 Å². The molecule has 0 atom stereocenters. The molecule has 2 aromatic rings. The maximum Gasteiger partial charge on any atom is 0.302 e. The van der Waals surface area contributed by atoms with Crippen molar-refractivity contribution in [2.75, 3.05) is 26.1 Å². The molecule has 2 rings (SSSR count). The van der Waals surface area contributed by atoms with E-state index in [4.69, 9.17) is 14.2 Å². The van der Waals surface area contributed by atoms with Crippen LogP contribution in [0.15, 0.2) is 30.5 Å². The third-order valence-electron chi connectivity index (χ3n) is 4.03. The van der Waals surface area contributed by atoms with Gasteiger partial charge in [0.15, 0.2) is 0 Å². The summed E-state index contributed by atoms with van der Waals surface area (Å²) in [6, 6.07) is 7.56. The van der Waals surface area contributed by atoms with Crippen molar-refractivity contribution in [3.63, 3.8) is 0 Å². The summed E-state index contributed by atoms with van der Waals surface area (Å²) in [6.45, 7) is 6.18. The van der Waals surface area contributed by atoms with Crippen LogP contribution in [0.25, 0.3) is 0 Å². The van der Waals surface area contributed by atoms with E-state index in [1.54, 1.807) is 20.4 Å². The lowest BCUT2D eigenvalue weighted by molar-refractivity contribution is -0.142. The topological polar surface area (TPSA) is 82.6 Å². The molecule has 1 N–H and O–H groups in total. The first-order valence-corrected chi connectivity index (χ1v) is 8.27. The first-order valence-electron chi connectivity index (χ1n) is 8.27. The number of benzene rings is 1. The minimum absolute atomic E-state index is 0.278. The van der Waals surface area contributed by atoms with Gasteiger partial charge in [-0.2, -0.15) is 5.10 Å². The van der Waals surface area contributed by atoms with Crippen molar-refractivity contribution in [1.29, 1.82) is 0 Å². The van der Waals surface area contributed by atoms with Crippen molar-refractivity contribution in [1.82, 2.24) is 10.2 Å². The lowest BCUT2D eigenvalue weighted by Crippen LogP contribution is -2.26. The van der Waals surface area contributed by atoms with Crippen LogP contribution >= 0.6 is 0 Å². The van der Waals surface area contributed by atoms with Gasteiger partial charge in [0.1, 0.15) is 23.9 Å². The average molecular weight is 359 g/mol. The molecule has 0 spiro atoms. The van der Waals surface area contributed by atoms with E-state index in [0.29, 0.717) is 12.4 Å². The lowest BCUT2D eigenvalue weighted by atomic mass is 9.87. The molecule has 0 unspecified atom stereocenters. The summed E-state index contributed by atoms with van der Waals surface area (Å²) >= 11 is 0. The zero-order valence-electron chi connectivity index (χ0n) is 15.8. The monoisotopic (exact) mass is 359 g/mol. The summed E-state index contributed by atoms with van der Waals surface area (Å²) in [5.74, 6) is 1.80. The van der Waals surface area contributed by atoms with E-state index in [2.05, 4.69) is 15.5 Å². The van der Waals surface area contributed by atoms with Crippen molar-refractivity contribution in [2.24, 2.45) is 0 Å². The van der Waals surface area contributed by atoms with E-state index in [1.807, 2.05) is 38.1 Å². The van der Waals surface area contributed by atoms with E-state index in [1.165, 1.54) is 6.92 Å².